The molecule has 188 valence electrons. The van der Waals surface area contributed by atoms with E-state index in [0.717, 1.165) is 23.8 Å². The zero-order valence-electron chi connectivity index (χ0n) is 16.5. The minimum atomic E-state index is -5.75. The molecule has 1 saturated heterocycles. The zero-order chi connectivity index (χ0) is 25.2. The third-order valence-electron chi connectivity index (χ3n) is 4.02. The number of phosphoric acid groups is 3. The van der Waals surface area contributed by atoms with Gasteiger partial charge in [0, 0.05) is 25.6 Å². The topological polar surface area (TPSA) is 273 Å². The molecule has 2 rings (SSSR count). The standard InChI is InChI=1S/C12H20N3O15P3/c1-7(16)13-6-12(15-3-2-10(18)14-11(15)19)4-8(17)9(28-12)5-27-32(23,24)30-33(25,26)29-31(20,21)22/h2-3,8-9,17H,4-6H2,1H3,(H,13,16)(H,23,24)(H,25,26)(H,14,18,19)(H2,20,21,22)/t8-,9+,12-/m0/s1. The van der Waals surface area contributed by atoms with Gasteiger partial charge in [0.2, 0.25) is 5.91 Å². The van der Waals surface area contributed by atoms with E-state index in [1.807, 2.05) is 4.98 Å². The Labute approximate surface area is 183 Å². The lowest BCUT2D eigenvalue weighted by atomic mass is 10.1. The Balaban J connectivity index is 2.20. The minimum absolute atomic E-state index is 0.385. The average Bonchev–Trinajstić information content (AvgIpc) is 2.92. The van der Waals surface area contributed by atoms with Crippen molar-refractivity contribution in [2.75, 3.05) is 13.2 Å². The highest BCUT2D eigenvalue weighted by Crippen LogP contribution is 2.66. The summed E-state index contributed by atoms with van der Waals surface area (Å²) < 4.78 is 51.9. The number of phosphoric ester groups is 1. The smallest absolute Gasteiger partial charge is 0.390 e. The normalized spacial score (nSPS) is 27.0. The second-order valence-electron chi connectivity index (χ2n) is 6.65. The van der Waals surface area contributed by atoms with Crippen LogP contribution in [-0.2, 0) is 42.1 Å². The number of hydrogen-bond acceptors (Lipinski definition) is 11. The van der Waals surface area contributed by atoms with Crippen molar-refractivity contribution in [1.29, 1.82) is 0 Å². The van der Waals surface area contributed by atoms with Gasteiger partial charge in [0.25, 0.3) is 5.56 Å². The molecule has 1 aromatic rings. The van der Waals surface area contributed by atoms with E-state index in [4.69, 9.17) is 19.4 Å². The first-order valence-corrected chi connectivity index (χ1v) is 13.2. The van der Waals surface area contributed by atoms with E-state index in [2.05, 4.69) is 18.5 Å². The summed E-state index contributed by atoms with van der Waals surface area (Å²) in [5.41, 5.74) is -3.49. The summed E-state index contributed by atoms with van der Waals surface area (Å²) in [5.74, 6) is -0.540. The van der Waals surface area contributed by atoms with Crippen molar-refractivity contribution in [2.24, 2.45) is 0 Å². The zero-order valence-corrected chi connectivity index (χ0v) is 19.2. The molecule has 21 heteroatoms. The SMILES string of the molecule is CC(=O)NC[C@]1(n2ccc(=O)[nH]c2=O)C[C@H](O)[C@@H](COP(=O)(O)OP(=O)(O)OP(=O)(O)O)O1. The van der Waals surface area contributed by atoms with Crippen molar-refractivity contribution in [1.82, 2.24) is 14.9 Å². The number of carbonyl (C=O) groups excluding carboxylic acids is 1. The first kappa shape index (κ1) is 27.7. The summed E-state index contributed by atoms with van der Waals surface area (Å²) in [7, 11) is -16.8. The number of nitrogens with zero attached hydrogens (tertiary/aromatic N) is 1. The Morgan fingerprint density at radius 3 is 2.42 bits per heavy atom. The fraction of sp³-hybridized carbons (Fsp3) is 0.583. The van der Waals surface area contributed by atoms with E-state index in [-0.39, 0.29) is 6.42 Å². The molecular formula is C12H20N3O15P3. The van der Waals surface area contributed by atoms with Crippen LogP contribution in [0.1, 0.15) is 13.3 Å². The number of H-pyrrole nitrogens is 1. The van der Waals surface area contributed by atoms with Gasteiger partial charge in [-0.25, -0.2) is 18.5 Å². The highest BCUT2D eigenvalue weighted by molar-refractivity contribution is 7.66. The maximum atomic E-state index is 12.2. The van der Waals surface area contributed by atoms with Crippen LogP contribution in [0.5, 0.6) is 0 Å². The molecule has 0 aliphatic carbocycles. The molecular weight excluding hydrogens is 519 g/mol. The molecule has 7 N–H and O–H groups in total. The van der Waals surface area contributed by atoms with E-state index in [1.54, 1.807) is 0 Å². The number of nitrogens with one attached hydrogen (secondary N) is 2. The van der Waals surface area contributed by atoms with Crippen molar-refractivity contribution < 1.29 is 61.1 Å². The Morgan fingerprint density at radius 1 is 1.24 bits per heavy atom. The molecule has 0 spiro atoms. The van der Waals surface area contributed by atoms with Crippen molar-refractivity contribution in [2.45, 2.75) is 31.3 Å². The molecule has 1 aliphatic rings. The van der Waals surface area contributed by atoms with Gasteiger partial charge in [-0.1, -0.05) is 0 Å². The summed E-state index contributed by atoms with van der Waals surface area (Å²) in [6.45, 7) is -0.233. The quantitative estimate of drug-likeness (QED) is 0.156. The van der Waals surface area contributed by atoms with Gasteiger partial charge in [-0.2, -0.15) is 8.62 Å². The van der Waals surface area contributed by atoms with Gasteiger partial charge in [-0.15, -0.1) is 0 Å². The van der Waals surface area contributed by atoms with E-state index in [0.29, 0.717) is 0 Å². The van der Waals surface area contributed by atoms with E-state index < -0.39 is 71.7 Å². The van der Waals surface area contributed by atoms with Crippen LogP contribution in [0, 0.1) is 0 Å². The third-order valence-corrected chi connectivity index (χ3v) is 7.82. The average molecular weight is 539 g/mol. The second-order valence-corrected chi connectivity index (χ2v) is 11.1. The molecule has 5 atom stereocenters. The molecule has 0 aromatic carbocycles. The number of amides is 1. The summed E-state index contributed by atoms with van der Waals surface area (Å²) in [6, 6.07) is 0.964. The van der Waals surface area contributed by atoms with Gasteiger partial charge in [0.05, 0.1) is 19.3 Å². The van der Waals surface area contributed by atoms with Crippen LogP contribution < -0.4 is 16.6 Å². The van der Waals surface area contributed by atoms with Crippen molar-refractivity contribution >= 4 is 29.4 Å². The van der Waals surface area contributed by atoms with Gasteiger partial charge in [-0.05, 0) is 0 Å². The minimum Gasteiger partial charge on any atom is -0.390 e. The molecule has 0 saturated carbocycles. The molecule has 1 fully saturated rings. The molecule has 1 amide bonds. The molecule has 0 radical (unpaired) electrons. The van der Waals surface area contributed by atoms with Gasteiger partial charge in [-0.3, -0.25) is 23.7 Å². The van der Waals surface area contributed by atoms with Crippen LogP contribution in [0.25, 0.3) is 0 Å². The molecule has 2 unspecified atom stereocenters. The van der Waals surface area contributed by atoms with Crippen molar-refractivity contribution in [3.63, 3.8) is 0 Å². The third kappa shape index (κ3) is 8.03. The fourth-order valence-electron chi connectivity index (χ4n) is 2.84. The van der Waals surface area contributed by atoms with E-state index in [9.17, 15) is 38.1 Å². The van der Waals surface area contributed by atoms with E-state index >= 15 is 0 Å². The van der Waals surface area contributed by atoms with Crippen LogP contribution in [0.2, 0.25) is 0 Å². The fourth-order valence-corrected chi connectivity index (χ4v) is 5.87. The first-order chi connectivity index (χ1) is 14.9. The van der Waals surface area contributed by atoms with E-state index in [1.165, 1.54) is 0 Å². The summed E-state index contributed by atoms with van der Waals surface area (Å²) >= 11 is 0. The van der Waals surface area contributed by atoms with Crippen LogP contribution >= 0.6 is 23.5 Å². The lowest BCUT2D eigenvalue weighted by molar-refractivity contribution is -0.130. The first-order valence-electron chi connectivity index (χ1n) is 8.65. The number of carbonyl (C=O) groups is 1. The predicted octanol–water partition coefficient (Wildman–Crippen LogP) is -2.18. The lowest BCUT2D eigenvalue weighted by Crippen LogP contribution is -2.50. The van der Waals surface area contributed by atoms with Crippen LogP contribution in [0.4, 0.5) is 0 Å². The number of hydrogen-bond donors (Lipinski definition) is 7. The number of aromatic nitrogens is 2. The maximum absolute atomic E-state index is 12.2. The molecule has 2 heterocycles. The molecule has 1 aromatic heterocycles. The Kier molecular flexibility index (Phi) is 8.40. The van der Waals surface area contributed by atoms with Gasteiger partial charge in [0.1, 0.15) is 6.10 Å². The van der Waals surface area contributed by atoms with Crippen molar-refractivity contribution in [3.05, 3.63) is 33.1 Å². The molecule has 18 nitrogen and oxygen atoms in total. The Morgan fingerprint density at radius 2 is 1.88 bits per heavy atom. The summed E-state index contributed by atoms with van der Waals surface area (Å²) in [4.78, 5) is 72.6. The lowest BCUT2D eigenvalue weighted by Gasteiger charge is -2.31. The Bertz CT molecular complexity index is 1140. The monoisotopic (exact) mass is 539 g/mol. The van der Waals surface area contributed by atoms with Crippen molar-refractivity contribution in [3.8, 4) is 0 Å². The van der Waals surface area contributed by atoms with Gasteiger partial charge < -0.3 is 34.7 Å². The molecule has 0 bridgehead atoms. The predicted molar refractivity (Wildman–Crippen MR) is 103 cm³/mol. The highest BCUT2D eigenvalue weighted by Gasteiger charge is 2.49. The number of aromatic amines is 1. The highest BCUT2D eigenvalue weighted by atomic mass is 31.3. The maximum Gasteiger partial charge on any atom is 0.490 e. The number of ether oxygens (including phenoxy) is 1. The summed E-state index contributed by atoms with van der Waals surface area (Å²) in [6.07, 6.45) is -2.34. The van der Waals surface area contributed by atoms with Crippen LogP contribution in [0.3, 0.4) is 0 Å². The molecule has 1 aliphatic heterocycles. The van der Waals surface area contributed by atoms with Gasteiger partial charge in [0.15, 0.2) is 5.72 Å². The number of rotatable bonds is 10. The molecule has 33 heavy (non-hydrogen) atoms. The second kappa shape index (κ2) is 10.00. The van der Waals surface area contributed by atoms with Crippen LogP contribution in [-0.4, -0.2) is 65.5 Å². The Hall–Kier alpha value is -1.52. The van der Waals surface area contributed by atoms with Gasteiger partial charge >= 0.3 is 29.2 Å². The number of aliphatic hydroxyl groups is 1. The van der Waals surface area contributed by atoms with Crippen LogP contribution in [0.15, 0.2) is 21.9 Å². The number of aliphatic hydroxyl groups excluding tert-OH is 1. The summed E-state index contributed by atoms with van der Waals surface area (Å²) in [5, 5.41) is 12.7. The largest absolute Gasteiger partial charge is 0.490 e.